The summed E-state index contributed by atoms with van der Waals surface area (Å²) >= 11 is 0. The number of likely N-dealkylation sites (N-methyl/N-ethyl adjacent to an activating group) is 1. The van der Waals surface area contributed by atoms with Gasteiger partial charge in [-0.3, -0.25) is 4.79 Å². The molecule has 6 heteroatoms. The summed E-state index contributed by atoms with van der Waals surface area (Å²) in [5.41, 5.74) is 5.63. The van der Waals surface area contributed by atoms with E-state index in [9.17, 15) is 4.79 Å². The molecule has 0 aromatic carbocycles. The van der Waals surface area contributed by atoms with E-state index in [0.717, 1.165) is 13.0 Å². The molecule has 0 aliphatic carbocycles. The van der Waals surface area contributed by atoms with Gasteiger partial charge in [0, 0.05) is 25.1 Å². The second-order valence-corrected chi connectivity index (χ2v) is 6.00. The zero-order chi connectivity index (χ0) is 14.2. The Bertz CT molecular complexity index is 494. The largest absolute Gasteiger partial charge is 0.384 e. The fourth-order valence-corrected chi connectivity index (χ4v) is 2.01. The van der Waals surface area contributed by atoms with Crippen LogP contribution in [0.1, 0.15) is 33.0 Å². The first kappa shape index (κ1) is 13.6. The number of carbonyl (C=O) groups excluding carboxylic acids is 1. The summed E-state index contributed by atoms with van der Waals surface area (Å²) in [5, 5.41) is 3.15. The van der Waals surface area contributed by atoms with Gasteiger partial charge in [0.05, 0.1) is 0 Å². The van der Waals surface area contributed by atoms with Gasteiger partial charge in [-0.1, -0.05) is 20.8 Å². The molecule has 2 heterocycles. The van der Waals surface area contributed by atoms with Crippen molar-refractivity contribution in [2.24, 2.45) is 0 Å². The van der Waals surface area contributed by atoms with Crippen LogP contribution in [0.25, 0.3) is 0 Å². The fourth-order valence-electron chi connectivity index (χ4n) is 2.01. The summed E-state index contributed by atoms with van der Waals surface area (Å²) in [6.45, 7) is 6.85. The number of nitrogens with one attached hydrogen (secondary N) is 1. The molecule has 1 amide bonds. The number of nitrogens with two attached hydrogens (primary N) is 1. The van der Waals surface area contributed by atoms with Gasteiger partial charge >= 0.3 is 0 Å². The lowest BCUT2D eigenvalue weighted by atomic mass is 9.96. The Morgan fingerprint density at radius 2 is 2.11 bits per heavy atom. The summed E-state index contributed by atoms with van der Waals surface area (Å²) in [6, 6.07) is 1.45. The zero-order valence-electron chi connectivity index (χ0n) is 11.9. The first-order valence-electron chi connectivity index (χ1n) is 6.44. The average Bonchev–Trinajstić information content (AvgIpc) is 2.59. The number of amides is 1. The number of hydrogen-bond acceptors (Lipinski definition) is 5. The number of nitrogens with zero attached hydrogens (tertiary/aromatic N) is 3. The zero-order valence-corrected chi connectivity index (χ0v) is 11.9. The van der Waals surface area contributed by atoms with Crippen LogP contribution in [0.15, 0.2) is 6.07 Å². The third-order valence-corrected chi connectivity index (χ3v) is 3.17. The number of rotatable bonds is 2. The van der Waals surface area contributed by atoms with Crippen LogP contribution < -0.4 is 11.1 Å². The van der Waals surface area contributed by atoms with E-state index in [1.165, 1.54) is 0 Å². The molecule has 1 saturated heterocycles. The predicted octanol–water partition coefficient (Wildman–Crippen LogP) is 0.999. The van der Waals surface area contributed by atoms with Gasteiger partial charge in [-0.2, -0.15) is 0 Å². The van der Waals surface area contributed by atoms with Crippen LogP contribution in [-0.2, 0) is 10.2 Å². The van der Waals surface area contributed by atoms with Gasteiger partial charge in [-0.25, -0.2) is 9.97 Å². The molecule has 1 unspecified atom stereocenters. The Kier molecular flexibility index (Phi) is 3.34. The summed E-state index contributed by atoms with van der Waals surface area (Å²) < 4.78 is 0. The van der Waals surface area contributed by atoms with E-state index < -0.39 is 0 Å². The second-order valence-electron chi connectivity index (χ2n) is 6.00. The highest BCUT2D eigenvalue weighted by atomic mass is 16.2. The molecule has 0 bridgehead atoms. The van der Waals surface area contributed by atoms with Gasteiger partial charge < -0.3 is 16.0 Å². The highest BCUT2D eigenvalue weighted by molar-refractivity contribution is 5.86. The quantitative estimate of drug-likeness (QED) is 0.831. The molecule has 0 saturated carbocycles. The Labute approximate surface area is 113 Å². The van der Waals surface area contributed by atoms with E-state index in [4.69, 9.17) is 5.73 Å². The van der Waals surface area contributed by atoms with Crippen molar-refractivity contribution in [1.29, 1.82) is 0 Å². The summed E-state index contributed by atoms with van der Waals surface area (Å²) in [6.07, 6.45) is 0.782. The lowest BCUT2D eigenvalue weighted by Gasteiger charge is -2.19. The molecule has 1 fully saturated rings. The van der Waals surface area contributed by atoms with Crippen LogP contribution in [0.2, 0.25) is 0 Å². The van der Waals surface area contributed by atoms with Crippen LogP contribution in [0, 0.1) is 0 Å². The van der Waals surface area contributed by atoms with Crippen molar-refractivity contribution in [3.05, 3.63) is 11.9 Å². The maximum atomic E-state index is 11.9. The molecule has 19 heavy (non-hydrogen) atoms. The number of aromatic nitrogens is 2. The topological polar surface area (TPSA) is 84.1 Å². The molecular formula is C13H21N5O. The molecule has 0 radical (unpaired) electrons. The molecule has 6 nitrogen and oxygen atoms in total. The highest BCUT2D eigenvalue weighted by Crippen LogP contribution is 2.22. The van der Waals surface area contributed by atoms with E-state index in [1.54, 1.807) is 18.0 Å². The second kappa shape index (κ2) is 4.68. The number of likely N-dealkylation sites (tertiary alicyclic amines) is 1. The van der Waals surface area contributed by atoms with Gasteiger partial charge in [0.15, 0.2) is 0 Å². The number of hydrogen-bond donors (Lipinski definition) is 2. The Balaban J connectivity index is 2.22. The Hall–Kier alpha value is -1.85. The third kappa shape index (κ3) is 2.94. The molecule has 1 aliphatic heterocycles. The lowest BCUT2D eigenvalue weighted by molar-refractivity contribution is -0.127. The minimum absolute atomic E-state index is 0.0921. The highest BCUT2D eigenvalue weighted by Gasteiger charge is 2.29. The molecule has 1 aromatic heterocycles. The summed E-state index contributed by atoms with van der Waals surface area (Å²) in [5.74, 6) is 1.80. The van der Waals surface area contributed by atoms with Crippen molar-refractivity contribution in [2.45, 2.75) is 38.6 Å². The first-order chi connectivity index (χ1) is 8.77. The molecular weight excluding hydrogens is 242 g/mol. The number of carbonyl (C=O) groups is 1. The maximum Gasteiger partial charge on any atom is 0.244 e. The smallest absolute Gasteiger partial charge is 0.244 e. The maximum absolute atomic E-state index is 11.9. The molecule has 1 aliphatic rings. The lowest BCUT2D eigenvalue weighted by Crippen LogP contribution is -2.31. The summed E-state index contributed by atoms with van der Waals surface area (Å²) in [4.78, 5) is 22.3. The van der Waals surface area contributed by atoms with Gasteiger partial charge in [0.25, 0.3) is 0 Å². The van der Waals surface area contributed by atoms with Crippen molar-refractivity contribution < 1.29 is 4.79 Å². The van der Waals surface area contributed by atoms with Crippen molar-refractivity contribution in [3.8, 4) is 0 Å². The van der Waals surface area contributed by atoms with Crippen LogP contribution in [0.3, 0.4) is 0 Å². The van der Waals surface area contributed by atoms with E-state index in [2.05, 4.69) is 15.3 Å². The van der Waals surface area contributed by atoms with E-state index in [1.807, 2.05) is 20.8 Å². The van der Waals surface area contributed by atoms with Gasteiger partial charge in [0.1, 0.15) is 23.5 Å². The molecule has 104 valence electrons. The first-order valence-corrected chi connectivity index (χ1v) is 6.44. The normalized spacial score (nSPS) is 19.9. The Morgan fingerprint density at radius 3 is 2.63 bits per heavy atom. The molecule has 1 aromatic rings. The van der Waals surface area contributed by atoms with Gasteiger partial charge in [0.2, 0.25) is 5.91 Å². The van der Waals surface area contributed by atoms with E-state index >= 15 is 0 Å². The van der Waals surface area contributed by atoms with Crippen molar-refractivity contribution in [2.75, 3.05) is 24.6 Å². The van der Waals surface area contributed by atoms with Crippen molar-refractivity contribution >= 4 is 17.5 Å². The SMILES string of the molecule is CN1CCC(Nc2cc(N)nc(C(C)(C)C)n2)C1=O. The monoisotopic (exact) mass is 263 g/mol. The van der Waals surface area contributed by atoms with E-state index in [-0.39, 0.29) is 17.4 Å². The van der Waals surface area contributed by atoms with Crippen LogP contribution in [-0.4, -0.2) is 40.4 Å². The van der Waals surface area contributed by atoms with Crippen molar-refractivity contribution in [3.63, 3.8) is 0 Å². The minimum Gasteiger partial charge on any atom is -0.384 e. The minimum atomic E-state index is -0.216. The van der Waals surface area contributed by atoms with Crippen LogP contribution >= 0.6 is 0 Å². The number of anilines is 2. The third-order valence-electron chi connectivity index (χ3n) is 3.17. The molecule has 2 rings (SSSR count). The fraction of sp³-hybridized carbons (Fsp3) is 0.615. The van der Waals surface area contributed by atoms with Crippen molar-refractivity contribution in [1.82, 2.24) is 14.9 Å². The number of nitrogen functional groups attached to an aromatic ring is 1. The van der Waals surface area contributed by atoms with Crippen LogP contribution in [0.4, 0.5) is 11.6 Å². The summed E-state index contributed by atoms with van der Waals surface area (Å²) in [7, 11) is 1.80. The molecule has 0 spiro atoms. The standard InChI is InChI=1S/C13H21N5O/c1-13(2,3)12-16-9(14)7-10(17-12)15-8-5-6-18(4)11(8)19/h7-8H,5-6H2,1-4H3,(H3,14,15,16,17). The van der Waals surface area contributed by atoms with Gasteiger partial charge in [-0.15, -0.1) is 0 Å². The average molecular weight is 263 g/mol. The van der Waals surface area contributed by atoms with Gasteiger partial charge in [-0.05, 0) is 6.42 Å². The molecule has 3 N–H and O–H groups in total. The molecule has 1 atom stereocenters. The predicted molar refractivity (Wildman–Crippen MR) is 74.8 cm³/mol. The Morgan fingerprint density at radius 1 is 1.42 bits per heavy atom. The van der Waals surface area contributed by atoms with Crippen LogP contribution in [0.5, 0.6) is 0 Å². The van der Waals surface area contributed by atoms with E-state index in [0.29, 0.717) is 17.5 Å².